The summed E-state index contributed by atoms with van der Waals surface area (Å²) in [4.78, 5) is 11.2. The van der Waals surface area contributed by atoms with Crippen LogP contribution in [-0.2, 0) is 9.53 Å². The predicted molar refractivity (Wildman–Crippen MR) is 38.0 cm³/mol. The van der Waals surface area contributed by atoms with Crippen molar-refractivity contribution in [2.75, 3.05) is 6.61 Å². The fourth-order valence-corrected chi connectivity index (χ4v) is 1.61. The van der Waals surface area contributed by atoms with Crippen LogP contribution in [0.25, 0.3) is 0 Å². The van der Waals surface area contributed by atoms with Crippen molar-refractivity contribution in [1.82, 2.24) is 0 Å². The third kappa shape index (κ3) is 1.01. The van der Waals surface area contributed by atoms with E-state index in [0.717, 1.165) is 0 Å². The van der Waals surface area contributed by atoms with Gasteiger partial charge in [0.15, 0.2) is 0 Å². The highest BCUT2D eigenvalue weighted by atomic mass is 16.5. The Hall–Kier alpha value is -0.670. The number of aliphatic hydroxyl groups excluding tert-OH is 1. The molecule has 1 fully saturated rings. The Morgan fingerprint density at radius 2 is 2.45 bits per heavy atom. The molecule has 2 aliphatic rings. The smallest absolute Gasteiger partial charge is 0.144 e. The molecule has 2 heterocycles. The van der Waals surface area contributed by atoms with Gasteiger partial charge >= 0.3 is 0 Å². The molecule has 1 N–H and O–H groups in total. The maximum atomic E-state index is 11.2. The lowest BCUT2D eigenvalue weighted by Gasteiger charge is -2.26. The highest BCUT2D eigenvalue weighted by Crippen LogP contribution is 2.28. The van der Waals surface area contributed by atoms with Crippen molar-refractivity contribution in [3.63, 3.8) is 0 Å². The topological polar surface area (TPSA) is 46.5 Å². The van der Waals surface area contributed by atoms with Crippen molar-refractivity contribution >= 4 is 5.78 Å². The van der Waals surface area contributed by atoms with Crippen LogP contribution >= 0.6 is 0 Å². The SMILES string of the molecule is O=C1C[C@@H]2C=C[C@@H](O2)[C@@H]1CO. The molecule has 60 valence electrons. The first-order valence-electron chi connectivity index (χ1n) is 3.78. The van der Waals surface area contributed by atoms with Crippen LogP contribution in [0.2, 0.25) is 0 Å². The van der Waals surface area contributed by atoms with Gasteiger partial charge in [-0.1, -0.05) is 12.2 Å². The van der Waals surface area contributed by atoms with Crippen LogP contribution in [-0.4, -0.2) is 29.7 Å². The zero-order valence-electron chi connectivity index (χ0n) is 6.06. The highest BCUT2D eigenvalue weighted by Gasteiger charge is 2.38. The van der Waals surface area contributed by atoms with E-state index in [2.05, 4.69) is 0 Å². The number of hydrogen-bond donors (Lipinski definition) is 1. The van der Waals surface area contributed by atoms with Crippen molar-refractivity contribution in [2.24, 2.45) is 5.92 Å². The second kappa shape index (κ2) is 2.43. The average Bonchev–Trinajstić information content (AvgIpc) is 2.34. The van der Waals surface area contributed by atoms with Crippen molar-refractivity contribution in [2.45, 2.75) is 18.6 Å². The molecule has 3 heteroatoms. The molecule has 0 amide bonds. The molecule has 0 aromatic rings. The summed E-state index contributed by atoms with van der Waals surface area (Å²) in [7, 11) is 0. The van der Waals surface area contributed by atoms with Gasteiger partial charge in [-0.05, 0) is 0 Å². The van der Waals surface area contributed by atoms with E-state index in [9.17, 15) is 4.79 Å². The summed E-state index contributed by atoms with van der Waals surface area (Å²) in [5.74, 6) is -0.191. The first kappa shape index (κ1) is 7.00. The highest BCUT2D eigenvalue weighted by molar-refractivity contribution is 5.84. The number of carbonyl (C=O) groups is 1. The molecule has 1 saturated heterocycles. The Balaban J connectivity index is 2.19. The molecule has 2 rings (SSSR count). The maximum Gasteiger partial charge on any atom is 0.144 e. The molecule has 11 heavy (non-hydrogen) atoms. The standard InChI is InChI=1S/C8H10O3/c9-4-6-7(10)3-5-1-2-8(6)11-5/h1-2,5-6,8-9H,3-4H2/t5-,6+,8+/m0/s1. The van der Waals surface area contributed by atoms with Crippen LogP contribution < -0.4 is 0 Å². The van der Waals surface area contributed by atoms with Gasteiger partial charge in [0.1, 0.15) is 5.78 Å². The summed E-state index contributed by atoms with van der Waals surface area (Å²) in [5, 5.41) is 8.85. The summed E-state index contributed by atoms with van der Waals surface area (Å²) in [6.07, 6.45) is 4.02. The first-order valence-corrected chi connectivity index (χ1v) is 3.78. The summed E-state index contributed by atoms with van der Waals surface area (Å²) >= 11 is 0. The Labute approximate surface area is 64.7 Å². The van der Waals surface area contributed by atoms with Gasteiger partial charge in [0, 0.05) is 6.42 Å². The zero-order chi connectivity index (χ0) is 7.84. The molecule has 3 atom stereocenters. The summed E-state index contributed by atoms with van der Waals surface area (Å²) < 4.78 is 5.38. The van der Waals surface area contributed by atoms with Crippen molar-refractivity contribution in [1.29, 1.82) is 0 Å². The maximum absolute atomic E-state index is 11.2. The quantitative estimate of drug-likeness (QED) is 0.536. The molecule has 0 saturated carbocycles. The number of ether oxygens (including phenoxy) is 1. The summed E-state index contributed by atoms with van der Waals surface area (Å²) in [6, 6.07) is 0. The fraction of sp³-hybridized carbons (Fsp3) is 0.625. The van der Waals surface area contributed by atoms with E-state index in [-0.39, 0.29) is 30.5 Å². The second-order valence-electron chi connectivity index (χ2n) is 2.98. The molecule has 3 nitrogen and oxygen atoms in total. The number of Topliss-reactive ketones (excluding diaryl/α,β-unsaturated/α-hetero) is 1. The molecule has 0 aromatic carbocycles. The molecule has 0 unspecified atom stereocenters. The number of carbonyl (C=O) groups excluding carboxylic acids is 1. The van der Waals surface area contributed by atoms with Gasteiger partial charge in [-0.15, -0.1) is 0 Å². The van der Waals surface area contributed by atoms with E-state index in [4.69, 9.17) is 9.84 Å². The lowest BCUT2D eigenvalue weighted by molar-refractivity contribution is -0.138. The Bertz CT molecular complexity index is 209. The van der Waals surface area contributed by atoms with Crippen molar-refractivity contribution < 1.29 is 14.6 Å². The van der Waals surface area contributed by atoms with Crippen molar-refractivity contribution in [3.05, 3.63) is 12.2 Å². The van der Waals surface area contributed by atoms with Crippen LogP contribution in [0, 0.1) is 5.92 Å². The predicted octanol–water partition coefficient (Wildman–Crippen LogP) is -0.109. The van der Waals surface area contributed by atoms with Crippen LogP contribution in [0.5, 0.6) is 0 Å². The van der Waals surface area contributed by atoms with E-state index >= 15 is 0 Å². The monoisotopic (exact) mass is 154 g/mol. The normalized spacial score (nSPS) is 41.5. The van der Waals surface area contributed by atoms with E-state index in [1.165, 1.54) is 0 Å². The molecule has 0 spiro atoms. The van der Waals surface area contributed by atoms with E-state index in [1.54, 1.807) is 0 Å². The van der Waals surface area contributed by atoms with Gasteiger partial charge in [0.25, 0.3) is 0 Å². The summed E-state index contributed by atoms with van der Waals surface area (Å²) in [5.41, 5.74) is 0. The van der Waals surface area contributed by atoms with E-state index in [1.807, 2.05) is 12.2 Å². The average molecular weight is 154 g/mol. The van der Waals surface area contributed by atoms with Gasteiger partial charge in [0.2, 0.25) is 0 Å². The van der Waals surface area contributed by atoms with Gasteiger partial charge in [0.05, 0.1) is 24.7 Å². The Morgan fingerprint density at radius 3 is 3.18 bits per heavy atom. The van der Waals surface area contributed by atoms with E-state index < -0.39 is 0 Å². The van der Waals surface area contributed by atoms with Crippen LogP contribution in [0.15, 0.2) is 12.2 Å². The molecular weight excluding hydrogens is 144 g/mol. The van der Waals surface area contributed by atoms with Crippen LogP contribution in [0.1, 0.15) is 6.42 Å². The molecule has 2 bridgehead atoms. The number of aliphatic hydroxyl groups is 1. The lowest BCUT2D eigenvalue weighted by Crippen LogP contribution is -2.38. The number of ketones is 1. The number of hydrogen-bond acceptors (Lipinski definition) is 3. The van der Waals surface area contributed by atoms with Crippen LogP contribution in [0.3, 0.4) is 0 Å². The summed E-state index contributed by atoms with van der Waals surface area (Å²) in [6.45, 7) is -0.0967. The molecule has 0 aliphatic carbocycles. The van der Waals surface area contributed by atoms with Crippen molar-refractivity contribution in [3.8, 4) is 0 Å². The minimum atomic E-state index is -0.315. The zero-order valence-corrected chi connectivity index (χ0v) is 6.06. The molecular formula is C8H10O3. The van der Waals surface area contributed by atoms with Crippen LogP contribution in [0.4, 0.5) is 0 Å². The second-order valence-corrected chi connectivity index (χ2v) is 2.98. The third-order valence-electron chi connectivity index (χ3n) is 2.26. The first-order chi connectivity index (χ1) is 5.31. The third-order valence-corrected chi connectivity index (χ3v) is 2.26. The van der Waals surface area contributed by atoms with E-state index in [0.29, 0.717) is 6.42 Å². The molecule has 0 aromatic heterocycles. The van der Waals surface area contributed by atoms with Gasteiger partial charge in [-0.3, -0.25) is 4.79 Å². The lowest BCUT2D eigenvalue weighted by atomic mass is 9.95. The fourth-order valence-electron chi connectivity index (χ4n) is 1.61. The largest absolute Gasteiger partial charge is 0.396 e. The molecule has 2 aliphatic heterocycles. The number of fused-ring (bicyclic) bond motifs is 2. The Morgan fingerprint density at radius 1 is 1.64 bits per heavy atom. The van der Waals surface area contributed by atoms with Gasteiger partial charge in [-0.25, -0.2) is 0 Å². The minimum absolute atomic E-state index is 0.0182. The number of rotatable bonds is 1. The Kier molecular flexibility index (Phi) is 1.55. The minimum Gasteiger partial charge on any atom is -0.396 e. The molecule has 0 radical (unpaired) electrons. The van der Waals surface area contributed by atoms with Gasteiger partial charge < -0.3 is 9.84 Å². The van der Waals surface area contributed by atoms with Gasteiger partial charge in [-0.2, -0.15) is 0 Å².